The Kier molecular flexibility index (Phi) is 9.69. The number of anilines is 3. The molecule has 2 N–H and O–H groups in total. The second-order valence-electron chi connectivity index (χ2n) is 9.24. The molecule has 1 aliphatic heterocycles. The number of amides is 2. The highest BCUT2D eigenvalue weighted by molar-refractivity contribution is 6.30. The molecule has 9 nitrogen and oxygen atoms in total. The smallest absolute Gasteiger partial charge is 0.259 e. The first kappa shape index (κ1) is 28.3. The molecule has 0 atom stereocenters. The number of pyridine rings is 1. The minimum absolute atomic E-state index is 0.0570. The second-order valence-corrected chi connectivity index (χ2v) is 9.68. The molecule has 0 bridgehead atoms. The van der Waals surface area contributed by atoms with E-state index in [1.165, 1.54) is 24.4 Å². The molecule has 39 heavy (non-hydrogen) atoms. The van der Waals surface area contributed by atoms with Gasteiger partial charge in [0, 0.05) is 37.6 Å². The minimum atomic E-state index is -0.637. The molecule has 3 aromatic rings. The fourth-order valence-corrected chi connectivity index (χ4v) is 4.15. The molecule has 0 unspecified atom stereocenters. The third kappa shape index (κ3) is 7.89. The number of carbonyl (C=O) groups excluding carboxylic acids is 2. The van der Waals surface area contributed by atoms with Crippen molar-refractivity contribution in [1.29, 1.82) is 0 Å². The Morgan fingerprint density at radius 3 is 2.54 bits per heavy atom. The van der Waals surface area contributed by atoms with E-state index in [2.05, 4.69) is 25.4 Å². The highest BCUT2D eigenvalue weighted by atomic mass is 35.5. The van der Waals surface area contributed by atoms with Gasteiger partial charge in [-0.05, 0) is 63.0 Å². The number of aromatic nitrogens is 1. The van der Waals surface area contributed by atoms with Crippen molar-refractivity contribution >= 4 is 40.6 Å². The van der Waals surface area contributed by atoms with E-state index in [0.29, 0.717) is 36.2 Å². The van der Waals surface area contributed by atoms with Crippen molar-refractivity contribution in [3.8, 4) is 5.75 Å². The molecule has 0 spiro atoms. The number of halogens is 2. The number of morpholine rings is 1. The lowest BCUT2D eigenvalue weighted by molar-refractivity contribution is 0.102. The third-order valence-electron chi connectivity index (χ3n) is 6.04. The van der Waals surface area contributed by atoms with E-state index < -0.39 is 17.6 Å². The van der Waals surface area contributed by atoms with Crippen LogP contribution < -0.4 is 20.3 Å². The van der Waals surface area contributed by atoms with Gasteiger partial charge in [0.05, 0.1) is 41.7 Å². The molecule has 1 aliphatic rings. The van der Waals surface area contributed by atoms with Crippen LogP contribution >= 0.6 is 11.6 Å². The first-order valence-electron chi connectivity index (χ1n) is 12.6. The van der Waals surface area contributed by atoms with E-state index in [4.69, 9.17) is 21.1 Å². The number of carbonyl (C=O) groups is 2. The van der Waals surface area contributed by atoms with Crippen LogP contribution in [0.4, 0.5) is 21.6 Å². The molecule has 1 saturated heterocycles. The van der Waals surface area contributed by atoms with Crippen LogP contribution in [-0.4, -0.2) is 75.2 Å². The fourth-order valence-electron chi connectivity index (χ4n) is 4.04. The van der Waals surface area contributed by atoms with Crippen molar-refractivity contribution < 1.29 is 23.5 Å². The van der Waals surface area contributed by atoms with Crippen LogP contribution in [0.5, 0.6) is 5.75 Å². The molecule has 0 aliphatic carbocycles. The lowest BCUT2D eigenvalue weighted by atomic mass is 10.1. The van der Waals surface area contributed by atoms with Crippen LogP contribution in [0.1, 0.15) is 27.1 Å². The Labute approximate surface area is 231 Å². The molecule has 0 radical (unpaired) electrons. The van der Waals surface area contributed by atoms with Crippen LogP contribution in [0.2, 0.25) is 5.02 Å². The maximum Gasteiger partial charge on any atom is 0.259 e. The monoisotopic (exact) mass is 555 g/mol. The zero-order valence-electron chi connectivity index (χ0n) is 21.9. The predicted octanol–water partition coefficient (Wildman–Crippen LogP) is 4.55. The topological polar surface area (TPSA) is 96.0 Å². The van der Waals surface area contributed by atoms with Gasteiger partial charge in [0.2, 0.25) is 0 Å². The van der Waals surface area contributed by atoms with Crippen molar-refractivity contribution in [1.82, 2.24) is 9.88 Å². The summed E-state index contributed by atoms with van der Waals surface area (Å²) in [7, 11) is 3.97. The number of nitrogens with zero attached hydrogens (tertiary/aromatic N) is 3. The van der Waals surface area contributed by atoms with Gasteiger partial charge in [0.25, 0.3) is 11.8 Å². The Morgan fingerprint density at radius 1 is 1.05 bits per heavy atom. The van der Waals surface area contributed by atoms with Crippen molar-refractivity contribution in [3.05, 3.63) is 76.7 Å². The summed E-state index contributed by atoms with van der Waals surface area (Å²) in [5.74, 6) is -1.09. The quantitative estimate of drug-likeness (QED) is 0.354. The summed E-state index contributed by atoms with van der Waals surface area (Å²) in [6, 6.07) is 12.1. The zero-order chi connectivity index (χ0) is 27.8. The average molecular weight is 556 g/mol. The summed E-state index contributed by atoms with van der Waals surface area (Å²) in [6.45, 7) is 3.99. The van der Waals surface area contributed by atoms with Gasteiger partial charge in [-0.15, -0.1) is 0 Å². The fraction of sp³-hybridized carbons (Fsp3) is 0.321. The first-order valence-corrected chi connectivity index (χ1v) is 13.0. The molecule has 1 fully saturated rings. The van der Waals surface area contributed by atoms with Gasteiger partial charge in [-0.1, -0.05) is 11.6 Å². The molecule has 206 valence electrons. The summed E-state index contributed by atoms with van der Waals surface area (Å²) in [6.07, 6.45) is 2.16. The molecule has 11 heteroatoms. The van der Waals surface area contributed by atoms with Crippen LogP contribution in [-0.2, 0) is 4.74 Å². The first-order chi connectivity index (χ1) is 18.8. The van der Waals surface area contributed by atoms with Gasteiger partial charge in [-0.25, -0.2) is 9.37 Å². The zero-order valence-corrected chi connectivity index (χ0v) is 22.6. The Balaban J connectivity index is 1.56. The summed E-state index contributed by atoms with van der Waals surface area (Å²) < 4.78 is 25.6. The minimum Gasteiger partial charge on any atom is -0.493 e. The molecule has 0 saturated carbocycles. The van der Waals surface area contributed by atoms with Gasteiger partial charge >= 0.3 is 0 Å². The van der Waals surface area contributed by atoms with Crippen molar-refractivity contribution in [2.45, 2.75) is 6.42 Å². The van der Waals surface area contributed by atoms with E-state index in [1.807, 2.05) is 26.2 Å². The molecule has 2 heterocycles. The number of ether oxygens (including phenoxy) is 2. The Morgan fingerprint density at radius 2 is 1.82 bits per heavy atom. The van der Waals surface area contributed by atoms with E-state index in [0.717, 1.165) is 37.8 Å². The van der Waals surface area contributed by atoms with Gasteiger partial charge in [0.1, 0.15) is 17.4 Å². The number of rotatable bonds is 10. The normalized spacial score (nSPS) is 13.3. The van der Waals surface area contributed by atoms with Crippen LogP contribution in [0.15, 0.2) is 54.7 Å². The maximum absolute atomic E-state index is 14.1. The molecule has 1 aromatic heterocycles. The van der Waals surface area contributed by atoms with Gasteiger partial charge in [-0.3, -0.25) is 9.59 Å². The SMILES string of the molecule is CN(C)CCCOc1cc(N2CCOCC2)ccc1C(=O)Nc1ccc(F)cc1C(=O)Nc1ccc(Cl)cn1. The lowest BCUT2D eigenvalue weighted by Crippen LogP contribution is -2.36. The summed E-state index contributed by atoms with van der Waals surface area (Å²) in [4.78, 5) is 34.7. The number of benzene rings is 2. The lowest BCUT2D eigenvalue weighted by Gasteiger charge is -2.29. The van der Waals surface area contributed by atoms with E-state index in [-0.39, 0.29) is 17.1 Å². The van der Waals surface area contributed by atoms with E-state index in [1.54, 1.807) is 12.1 Å². The van der Waals surface area contributed by atoms with E-state index in [9.17, 15) is 14.0 Å². The molecule has 4 rings (SSSR count). The van der Waals surface area contributed by atoms with Crippen LogP contribution in [0.3, 0.4) is 0 Å². The number of hydrogen-bond acceptors (Lipinski definition) is 7. The highest BCUT2D eigenvalue weighted by Gasteiger charge is 2.21. The Bertz CT molecular complexity index is 1300. The molecule has 2 amide bonds. The van der Waals surface area contributed by atoms with Crippen molar-refractivity contribution in [2.75, 3.05) is 69.1 Å². The number of nitrogens with one attached hydrogen (secondary N) is 2. The van der Waals surface area contributed by atoms with Gasteiger partial charge in [-0.2, -0.15) is 0 Å². The van der Waals surface area contributed by atoms with Crippen LogP contribution in [0, 0.1) is 5.82 Å². The van der Waals surface area contributed by atoms with E-state index >= 15 is 0 Å². The molecular weight excluding hydrogens is 525 g/mol. The number of hydrogen-bond donors (Lipinski definition) is 2. The van der Waals surface area contributed by atoms with Gasteiger partial charge < -0.3 is 29.9 Å². The maximum atomic E-state index is 14.1. The third-order valence-corrected chi connectivity index (χ3v) is 6.26. The highest BCUT2D eigenvalue weighted by Crippen LogP contribution is 2.29. The summed E-state index contributed by atoms with van der Waals surface area (Å²) >= 11 is 5.85. The largest absolute Gasteiger partial charge is 0.493 e. The second kappa shape index (κ2) is 13.4. The van der Waals surface area contributed by atoms with Crippen LogP contribution in [0.25, 0.3) is 0 Å². The standard InChI is InChI=1S/C28H31ClFN5O4/c1-34(2)10-3-13-39-25-17-21(35-11-14-38-15-12-35)6-7-22(25)27(36)32-24-8-5-20(30)16-23(24)28(37)33-26-9-4-19(29)18-31-26/h4-9,16-18H,3,10-15H2,1-2H3,(H,32,36)(H,31,33,37). The van der Waals surface area contributed by atoms with Crippen molar-refractivity contribution in [2.24, 2.45) is 0 Å². The average Bonchev–Trinajstić information content (AvgIpc) is 2.93. The van der Waals surface area contributed by atoms with Crippen molar-refractivity contribution in [3.63, 3.8) is 0 Å². The summed E-state index contributed by atoms with van der Waals surface area (Å²) in [5.41, 5.74) is 1.31. The molecule has 2 aromatic carbocycles. The van der Waals surface area contributed by atoms with Gasteiger partial charge in [0.15, 0.2) is 0 Å². The molecular formula is C28H31ClFN5O4. The Hall–Kier alpha value is -3.73. The predicted molar refractivity (Wildman–Crippen MR) is 150 cm³/mol. The summed E-state index contributed by atoms with van der Waals surface area (Å²) in [5, 5.41) is 5.75.